The van der Waals surface area contributed by atoms with Crippen molar-refractivity contribution in [2.75, 3.05) is 10.6 Å². The van der Waals surface area contributed by atoms with Crippen LogP contribution in [-0.4, -0.2) is 15.9 Å². The van der Waals surface area contributed by atoms with E-state index in [0.29, 0.717) is 27.2 Å². The predicted molar refractivity (Wildman–Crippen MR) is 96.2 cm³/mol. The number of carbonyl (C=O) groups is 1. The molecule has 120 valence electrons. The van der Waals surface area contributed by atoms with Crippen LogP contribution in [0.1, 0.15) is 10.4 Å². The number of carbonyl (C=O) groups excluding carboxylic acids is 1. The van der Waals surface area contributed by atoms with Gasteiger partial charge in [0.1, 0.15) is 0 Å². The van der Waals surface area contributed by atoms with Gasteiger partial charge in [-0.15, -0.1) is 0 Å². The standard InChI is InChI=1S/C17H12Cl2N4O/c18-12-4-6-14(7-5-12)22-16(24)11-9-20-17(21-10-11)23-15-3-1-2-13(19)8-15/h1-10H,(H,22,24)(H,20,21,23). The van der Waals surface area contributed by atoms with Gasteiger partial charge in [0.25, 0.3) is 5.91 Å². The first-order chi connectivity index (χ1) is 11.6. The third-order valence-corrected chi connectivity index (χ3v) is 3.58. The maximum absolute atomic E-state index is 12.2. The molecular formula is C17H12Cl2N4O. The Morgan fingerprint density at radius 3 is 2.25 bits per heavy atom. The highest BCUT2D eigenvalue weighted by Gasteiger charge is 2.08. The van der Waals surface area contributed by atoms with E-state index in [1.807, 2.05) is 12.1 Å². The van der Waals surface area contributed by atoms with E-state index >= 15 is 0 Å². The molecule has 7 heteroatoms. The van der Waals surface area contributed by atoms with Crippen LogP contribution in [0.25, 0.3) is 0 Å². The summed E-state index contributed by atoms with van der Waals surface area (Å²) in [6, 6.07) is 14.0. The van der Waals surface area contributed by atoms with E-state index in [0.717, 1.165) is 5.69 Å². The Morgan fingerprint density at radius 1 is 0.875 bits per heavy atom. The summed E-state index contributed by atoms with van der Waals surface area (Å²) in [4.78, 5) is 20.4. The van der Waals surface area contributed by atoms with Crippen LogP contribution in [0.15, 0.2) is 60.9 Å². The molecule has 1 heterocycles. The second-order valence-corrected chi connectivity index (χ2v) is 5.76. The van der Waals surface area contributed by atoms with Gasteiger partial charge < -0.3 is 10.6 Å². The Bertz CT molecular complexity index is 851. The number of hydrogen-bond donors (Lipinski definition) is 2. The lowest BCUT2D eigenvalue weighted by atomic mass is 10.3. The normalized spacial score (nSPS) is 10.2. The number of nitrogens with one attached hydrogen (secondary N) is 2. The molecular weight excluding hydrogens is 347 g/mol. The first kappa shape index (κ1) is 16.2. The van der Waals surface area contributed by atoms with Gasteiger partial charge in [0.15, 0.2) is 0 Å². The second kappa shape index (κ2) is 7.29. The van der Waals surface area contributed by atoms with Crippen LogP contribution < -0.4 is 10.6 Å². The van der Waals surface area contributed by atoms with Crippen molar-refractivity contribution in [1.29, 1.82) is 0 Å². The van der Waals surface area contributed by atoms with Crippen LogP contribution in [-0.2, 0) is 0 Å². The van der Waals surface area contributed by atoms with Crippen LogP contribution in [0.2, 0.25) is 10.0 Å². The summed E-state index contributed by atoms with van der Waals surface area (Å²) in [6.07, 6.45) is 2.90. The summed E-state index contributed by atoms with van der Waals surface area (Å²) >= 11 is 11.7. The van der Waals surface area contributed by atoms with Gasteiger partial charge in [0.05, 0.1) is 5.56 Å². The second-order valence-electron chi connectivity index (χ2n) is 4.89. The number of hydrogen-bond acceptors (Lipinski definition) is 4. The van der Waals surface area contributed by atoms with E-state index in [2.05, 4.69) is 20.6 Å². The zero-order valence-corrected chi connectivity index (χ0v) is 13.8. The number of amides is 1. The van der Waals surface area contributed by atoms with Crippen molar-refractivity contribution in [1.82, 2.24) is 9.97 Å². The van der Waals surface area contributed by atoms with Gasteiger partial charge in [-0.1, -0.05) is 29.3 Å². The SMILES string of the molecule is O=C(Nc1ccc(Cl)cc1)c1cnc(Nc2cccc(Cl)c2)nc1. The third kappa shape index (κ3) is 4.22. The molecule has 0 saturated carbocycles. The summed E-state index contributed by atoms with van der Waals surface area (Å²) in [7, 11) is 0. The first-order valence-electron chi connectivity index (χ1n) is 7.02. The van der Waals surface area contributed by atoms with E-state index in [-0.39, 0.29) is 5.91 Å². The van der Waals surface area contributed by atoms with Crippen LogP contribution in [0.5, 0.6) is 0 Å². The Morgan fingerprint density at radius 2 is 1.58 bits per heavy atom. The average molecular weight is 359 g/mol. The molecule has 1 amide bonds. The first-order valence-corrected chi connectivity index (χ1v) is 7.77. The number of benzene rings is 2. The van der Waals surface area contributed by atoms with Gasteiger partial charge in [-0.05, 0) is 42.5 Å². The number of aromatic nitrogens is 2. The third-order valence-electron chi connectivity index (χ3n) is 3.10. The van der Waals surface area contributed by atoms with Gasteiger partial charge >= 0.3 is 0 Å². The summed E-state index contributed by atoms with van der Waals surface area (Å²) in [6.45, 7) is 0. The minimum Gasteiger partial charge on any atom is -0.324 e. The predicted octanol–water partition coefficient (Wildman–Crippen LogP) is 4.78. The minimum atomic E-state index is -0.299. The molecule has 0 fully saturated rings. The molecule has 5 nitrogen and oxygen atoms in total. The average Bonchev–Trinajstić information content (AvgIpc) is 2.57. The monoisotopic (exact) mass is 358 g/mol. The van der Waals surface area contributed by atoms with Gasteiger partial charge in [0.2, 0.25) is 5.95 Å². The van der Waals surface area contributed by atoms with E-state index in [1.165, 1.54) is 12.4 Å². The highest BCUT2D eigenvalue weighted by Crippen LogP contribution is 2.18. The lowest BCUT2D eigenvalue weighted by Gasteiger charge is -2.07. The minimum absolute atomic E-state index is 0.299. The Balaban J connectivity index is 1.67. The molecule has 3 rings (SSSR count). The summed E-state index contributed by atoms with van der Waals surface area (Å²) in [5, 5.41) is 6.97. The van der Waals surface area contributed by atoms with Crippen molar-refractivity contribution in [2.45, 2.75) is 0 Å². The van der Waals surface area contributed by atoms with Crippen molar-refractivity contribution in [3.8, 4) is 0 Å². The van der Waals surface area contributed by atoms with Gasteiger partial charge in [-0.25, -0.2) is 9.97 Å². The van der Waals surface area contributed by atoms with Crippen LogP contribution in [0.3, 0.4) is 0 Å². The summed E-state index contributed by atoms with van der Waals surface area (Å²) in [5.41, 5.74) is 1.76. The smallest absolute Gasteiger partial charge is 0.258 e. The molecule has 0 atom stereocenters. The molecule has 1 aromatic heterocycles. The molecule has 2 N–H and O–H groups in total. The topological polar surface area (TPSA) is 66.9 Å². The van der Waals surface area contributed by atoms with Crippen LogP contribution in [0, 0.1) is 0 Å². The molecule has 0 spiro atoms. The molecule has 3 aromatic rings. The van der Waals surface area contributed by atoms with Crippen molar-refractivity contribution in [3.63, 3.8) is 0 Å². The lowest BCUT2D eigenvalue weighted by molar-refractivity contribution is 0.102. The van der Waals surface area contributed by atoms with E-state index in [9.17, 15) is 4.79 Å². The Labute approximate surface area is 148 Å². The maximum Gasteiger partial charge on any atom is 0.258 e. The van der Waals surface area contributed by atoms with Crippen molar-refractivity contribution < 1.29 is 4.79 Å². The Hall–Kier alpha value is -2.63. The fourth-order valence-corrected chi connectivity index (χ4v) is 2.26. The van der Waals surface area contributed by atoms with Crippen molar-refractivity contribution >= 4 is 46.4 Å². The largest absolute Gasteiger partial charge is 0.324 e. The highest BCUT2D eigenvalue weighted by molar-refractivity contribution is 6.31. The van der Waals surface area contributed by atoms with E-state index in [1.54, 1.807) is 36.4 Å². The number of nitrogens with zero attached hydrogens (tertiary/aromatic N) is 2. The number of rotatable bonds is 4. The zero-order valence-electron chi connectivity index (χ0n) is 12.3. The van der Waals surface area contributed by atoms with E-state index < -0.39 is 0 Å². The zero-order chi connectivity index (χ0) is 16.9. The molecule has 0 radical (unpaired) electrons. The summed E-state index contributed by atoms with van der Waals surface area (Å²) < 4.78 is 0. The maximum atomic E-state index is 12.2. The van der Waals surface area contributed by atoms with Gasteiger partial charge in [0, 0.05) is 33.8 Å². The molecule has 2 aromatic carbocycles. The van der Waals surface area contributed by atoms with Crippen LogP contribution in [0.4, 0.5) is 17.3 Å². The summed E-state index contributed by atoms with van der Waals surface area (Å²) in [5.74, 6) is 0.0759. The number of halogens is 2. The van der Waals surface area contributed by atoms with Crippen LogP contribution >= 0.6 is 23.2 Å². The quantitative estimate of drug-likeness (QED) is 0.704. The van der Waals surface area contributed by atoms with Crippen molar-refractivity contribution in [2.24, 2.45) is 0 Å². The van der Waals surface area contributed by atoms with Gasteiger partial charge in [-0.3, -0.25) is 4.79 Å². The van der Waals surface area contributed by atoms with Crippen molar-refractivity contribution in [3.05, 3.63) is 76.5 Å². The molecule has 0 unspecified atom stereocenters. The highest BCUT2D eigenvalue weighted by atomic mass is 35.5. The molecule has 0 bridgehead atoms. The molecule has 0 aliphatic rings. The van der Waals surface area contributed by atoms with Gasteiger partial charge in [-0.2, -0.15) is 0 Å². The fourth-order valence-electron chi connectivity index (χ4n) is 1.94. The lowest BCUT2D eigenvalue weighted by Crippen LogP contribution is -2.13. The molecule has 24 heavy (non-hydrogen) atoms. The number of anilines is 3. The molecule has 0 aliphatic carbocycles. The van der Waals surface area contributed by atoms with E-state index in [4.69, 9.17) is 23.2 Å². The fraction of sp³-hybridized carbons (Fsp3) is 0. The molecule has 0 saturated heterocycles. The Kier molecular flexibility index (Phi) is 4.93. The molecule has 0 aliphatic heterocycles.